The summed E-state index contributed by atoms with van der Waals surface area (Å²) in [4.78, 5) is 0. The first-order valence-corrected chi connectivity index (χ1v) is 3.98. The zero-order valence-electron chi connectivity index (χ0n) is 7.88. The molecule has 0 aliphatic rings. The number of phenolic OH excluding ortho intramolecular Hbond substituents is 1. The topological polar surface area (TPSA) is 46.2 Å². The van der Waals surface area contributed by atoms with Gasteiger partial charge in [-0.05, 0) is 25.1 Å². The largest absolute Gasteiger partial charge is 0.508 e. The highest BCUT2D eigenvalue weighted by molar-refractivity contribution is 5.85. The predicted molar refractivity (Wildman–Crippen MR) is 53.0 cm³/mol. The van der Waals surface area contributed by atoms with Gasteiger partial charge in [-0.25, -0.2) is 0 Å². The number of phenols is 1. The van der Waals surface area contributed by atoms with Crippen molar-refractivity contribution in [1.29, 1.82) is 0 Å². The Morgan fingerprint density at radius 2 is 1.87 bits per heavy atom. The lowest BCUT2D eigenvalue weighted by molar-refractivity contribution is -0.137. The van der Waals surface area contributed by atoms with Crippen LogP contribution < -0.4 is 5.73 Å². The van der Waals surface area contributed by atoms with Crippen LogP contribution in [0.15, 0.2) is 18.2 Å². The first-order chi connectivity index (χ1) is 6.32. The molecule has 0 radical (unpaired) electrons. The van der Waals surface area contributed by atoms with Gasteiger partial charge in [-0.1, -0.05) is 0 Å². The van der Waals surface area contributed by atoms with E-state index in [1.54, 1.807) is 0 Å². The van der Waals surface area contributed by atoms with Gasteiger partial charge >= 0.3 is 6.18 Å². The van der Waals surface area contributed by atoms with E-state index in [0.717, 1.165) is 18.2 Å². The Morgan fingerprint density at radius 3 is 2.27 bits per heavy atom. The van der Waals surface area contributed by atoms with Crippen LogP contribution in [0.4, 0.5) is 13.2 Å². The number of nitrogens with two attached hydrogens (primary N) is 1. The molecule has 3 N–H and O–H groups in total. The van der Waals surface area contributed by atoms with Crippen molar-refractivity contribution in [3.05, 3.63) is 29.3 Å². The van der Waals surface area contributed by atoms with Crippen molar-refractivity contribution in [2.45, 2.75) is 19.1 Å². The fraction of sp³-hybridized carbons (Fsp3) is 0.333. The van der Waals surface area contributed by atoms with Gasteiger partial charge in [-0.2, -0.15) is 13.2 Å². The lowest BCUT2D eigenvalue weighted by Gasteiger charge is -2.12. The molecule has 86 valence electrons. The highest BCUT2D eigenvalue weighted by Gasteiger charge is 2.31. The summed E-state index contributed by atoms with van der Waals surface area (Å²) in [5.74, 6) is -0.215. The van der Waals surface area contributed by atoms with Crippen LogP contribution in [-0.2, 0) is 6.18 Å². The Balaban J connectivity index is 0.00000196. The molecule has 6 heteroatoms. The van der Waals surface area contributed by atoms with Gasteiger partial charge in [0.15, 0.2) is 0 Å². The Kier molecular flexibility index (Phi) is 4.42. The molecule has 0 aliphatic heterocycles. The molecule has 0 bridgehead atoms. The number of hydrogen-bond acceptors (Lipinski definition) is 2. The molecule has 0 unspecified atom stereocenters. The van der Waals surface area contributed by atoms with Crippen molar-refractivity contribution in [3.63, 3.8) is 0 Å². The summed E-state index contributed by atoms with van der Waals surface area (Å²) in [6.45, 7) is 1.51. The van der Waals surface area contributed by atoms with Crippen molar-refractivity contribution >= 4 is 12.4 Å². The number of benzene rings is 1. The first kappa shape index (κ1) is 14.1. The fourth-order valence-corrected chi connectivity index (χ4v) is 1.10. The van der Waals surface area contributed by atoms with Crippen LogP contribution in [0.1, 0.15) is 24.1 Å². The monoisotopic (exact) mass is 241 g/mol. The minimum atomic E-state index is -4.41. The van der Waals surface area contributed by atoms with Crippen LogP contribution in [0.3, 0.4) is 0 Å². The third-order valence-corrected chi connectivity index (χ3v) is 1.85. The second-order valence-electron chi connectivity index (χ2n) is 3.06. The molecule has 0 saturated carbocycles. The van der Waals surface area contributed by atoms with E-state index in [4.69, 9.17) is 5.73 Å². The SMILES string of the molecule is C[C@@H](N)c1cc(C(F)(F)F)ccc1O.Cl. The molecule has 1 aromatic rings. The second-order valence-corrected chi connectivity index (χ2v) is 3.06. The van der Waals surface area contributed by atoms with Crippen LogP contribution in [0, 0.1) is 0 Å². The molecule has 2 nitrogen and oxygen atoms in total. The minimum Gasteiger partial charge on any atom is -0.508 e. The molecule has 0 spiro atoms. The van der Waals surface area contributed by atoms with E-state index in [0.29, 0.717) is 0 Å². The van der Waals surface area contributed by atoms with Crippen LogP contribution in [-0.4, -0.2) is 5.11 Å². The summed E-state index contributed by atoms with van der Waals surface area (Å²) in [5, 5.41) is 9.22. The van der Waals surface area contributed by atoms with Crippen LogP contribution >= 0.6 is 12.4 Å². The Bertz CT molecular complexity index is 339. The number of alkyl halides is 3. The number of aromatic hydroxyl groups is 1. The summed E-state index contributed by atoms with van der Waals surface area (Å²) in [6, 6.07) is 2.06. The van der Waals surface area contributed by atoms with Gasteiger partial charge in [0.1, 0.15) is 5.75 Å². The zero-order valence-corrected chi connectivity index (χ0v) is 8.69. The van der Waals surface area contributed by atoms with Gasteiger partial charge < -0.3 is 10.8 Å². The van der Waals surface area contributed by atoms with E-state index in [1.807, 2.05) is 0 Å². The van der Waals surface area contributed by atoms with Crippen molar-refractivity contribution < 1.29 is 18.3 Å². The molecule has 0 fully saturated rings. The van der Waals surface area contributed by atoms with Gasteiger partial charge in [0.25, 0.3) is 0 Å². The van der Waals surface area contributed by atoms with Crippen molar-refractivity contribution in [2.75, 3.05) is 0 Å². The maximum absolute atomic E-state index is 12.2. The average Bonchev–Trinajstić information content (AvgIpc) is 2.02. The van der Waals surface area contributed by atoms with Gasteiger partial charge in [0.05, 0.1) is 5.56 Å². The Hall–Kier alpha value is -0.940. The molecule has 0 aliphatic carbocycles. The Morgan fingerprint density at radius 1 is 1.33 bits per heavy atom. The van der Waals surface area contributed by atoms with E-state index < -0.39 is 17.8 Å². The highest BCUT2D eigenvalue weighted by atomic mass is 35.5. The number of hydrogen-bond donors (Lipinski definition) is 2. The lowest BCUT2D eigenvalue weighted by Crippen LogP contribution is -2.09. The molecule has 0 aromatic heterocycles. The van der Waals surface area contributed by atoms with Crippen molar-refractivity contribution in [3.8, 4) is 5.75 Å². The maximum Gasteiger partial charge on any atom is 0.416 e. The first-order valence-electron chi connectivity index (χ1n) is 3.98. The van der Waals surface area contributed by atoms with E-state index in [1.165, 1.54) is 6.92 Å². The second kappa shape index (κ2) is 4.72. The smallest absolute Gasteiger partial charge is 0.416 e. The molecule has 1 rings (SSSR count). The molecular weight excluding hydrogens is 231 g/mol. The highest BCUT2D eigenvalue weighted by Crippen LogP contribution is 2.33. The van der Waals surface area contributed by atoms with Crippen LogP contribution in [0.2, 0.25) is 0 Å². The van der Waals surface area contributed by atoms with Gasteiger partial charge in [-0.3, -0.25) is 0 Å². The number of rotatable bonds is 1. The minimum absolute atomic E-state index is 0. The third kappa shape index (κ3) is 3.28. The van der Waals surface area contributed by atoms with Crippen molar-refractivity contribution in [1.82, 2.24) is 0 Å². The summed E-state index contributed by atoms with van der Waals surface area (Å²) in [6.07, 6.45) is -4.41. The molecule has 0 heterocycles. The number of halogens is 4. The third-order valence-electron chi connectivity index (χ3n) is 1.85. The molecule has 0 amide bonds. The lowest BCUT2D eigenvalue weighted by atomic mass is 10.0. The predicted octanol–water partition coefficient (Wildman–Crippen LogP) is 2.85. The normalized spacial score (nSPS) is 13.1. The standard InChI is InChI=1S/C9H10F3NO.ClH/c1-5(13)7-4-6(9(10,11)12)2-3-8(7)14;/h2-5,14H,13H2,1H3;1H/t5-;/m1./s1. The molecule has 0 saturated heterocycles. The van der Waals surface area contributed by atoms with E-state index in [9.17, 15) is 18.3 Å². The Labute approximate surface area is 91.3 Å². The zero-order chi connectivity index (χ0) is 10.9. The maximum atomic E-state index is 12.2. The van der Waals surface area contributed by atoms with E-state index >= 15 is 0 Å². The summed E-state index contributed by atoms with van der Waals surface area (Å²) in [5.41, 5.74) is 4.69. The van der Waals surface area contributed by atoms with Gasteiger partial charge in [0.2, 0.25) is 0 Å². The van der Waals surface area contributed by atoms with Gasteiger partial charge in [-0.15, -0.1) is 12.4 Å². The molecule has 15 heavy (non-hydrogen) atoms. The fourth-order valence-electron chi connectivity index (χ4n) is 1.10. The summed E-state index contributed by atoms with van der Waals surface area (Å²) < 4.78 is 36.7. The summed E-state index contributed by atoms with van der Waals surface area (Å²) >= 11 is 0. The van der Waals surface area contributed by atoms with E-state index in [-0.39, 0.29) is 23.7 Å². The quantitative estimate of drug-likeness (QED) is 0.794. The average molecular weight is 242 g/mol. The molecular formula is C9H11ClF3NO. The van der Waals surface area contributed by atoms with Crippen molar-refractivity contribution in [2.24, 2.45) is 5.73 Å². The van der Waals surface area contributed by atoms with Crippen LogP contribution in [0.5, 0.6) is 5.75 Å². The molecule has 1 aromatic carbocycles. The molecule has 1 atom stereocenters. The van der Waals surface area contributed by atoms with Crippen LogP contribution in [0.25, 0.3) is 0 Å². The summed E-state index contributed by atoms with van der Waals surface area (Å²) in [7, 11) is 0. The van der Waals surface area contributed by atoms with E-state index in [2.05, 4.69) is 0 Å². The van der Waals surface area contributed by atoms with Gasteiger partial charge in [0, 0.05) is 11.6 Å².